The molecule has 1 aromatic carbocycles. The van der Waals surface area contributed by atoms with E-state index in [1.165, 1.54) is 6.08 Å². The van der Waals surface area contributed by atoms with Gasteiger partial charge in [0.2, 0.25) is 0 Å². The Kier molecular flexibility index (Phi) is 6.84. The van der Waals surface area contributed by atoms with Gasteiger partial charge >= 0.3 is 5.97 Å². The highest BCUT2D eigenvalue weighted by atomic mass is 16.5. The molecule has 1 aromatic rings. The fourth-order valence-corrected chi connectivity index (χ4v) is 1.81. The minimum absolute atomic E-state index is 0.104. The van der Waals surface area contributed by atoms with Crippen molar-refractivity contribution in [1.29, 1.82) is 0 Å². The number of carbonyl (C=O) groups excluding carboxylic acids is 2. The Hall–Kier alpha value is -2.34. The van der Waals surface area contributed by atoms with Gasteiger partial charge < -0.3 is 4.74 Å². The molecule has 0 aliphatic rings. The minimum Gasteiger partial charge on any atom is -0.461 e. The fourth-order valence-electron chi connectivity index (χ4n) is 1.81. The van der Waals surface area contributed by atoms with Crippen LogP contribution in [0.3, 0.4) is 0 Å². The number of benzene rings is 1. The highest BCUT2D eigenvalue weighted by Gasteiger charge is 2.28. The zero-order chi connectivity index (χ0) is 14.8. The van der Waals surface area contributed by atoms with Crippen LogP contribution in [0.25, 0.3) is 0 Å². The summed E-state index contributed by atoms with van der Waals surface area (Å²) in [5, 5.41) is 0. The first-order valence-electron chi connectivity index (χ1n) is 6.51. The van der Waals surface area contributed by atoms with Gasteiger partial charge in [-0.25, -0.2) is 0 Å². The number of Topliss-reactive ketones (excluding diaryl/α,β-unsaturated/α-hetero) is 1. The highest BCUT2D eigenvalue weighted by molar-refractivity contribution is 6.08. The van der Waals surface area contributed by atoms with E-state index in [0.29, 0.717) is 24.8 Å². The summed E-state index contributed by atoms with van der Waals surface area (Å²) in [4.78, 5) is 24.3. The Morgan fingerprint density at radius 1 is 1.35 bits per heavy atom. The predicted molar refractivity (Wildman–Crippen MR) is 78.1 cm³/mol. The van der Waals surface area contributed by atoms with E-state index in [1.807, 2.05) is 6.07 Å². The Morgan fingerprint density at radius 2 is 2.05 bits per heavy atom. The third kappa shape index (κ3) is 4.74. The van der Waals surface area contributed by atoms with Crippen LogP contribution in [0.5, 0.6) is 0 Å². The monoisotopic (exact) mass is 270 g/mol. The van der Waals surface area contributed by atoms with E-state index in [-0.39, 0.29) is 12.4 Å². The normalized spacial score (nSPS) is 11.2. The van der Waals surface area contributed by atoms with Crippen molar-refractivity contribution in [3.05, 3.63) is 48.6 Å². The van der Waals surface area contributed by atoms with Crippen molar-refractivity contribution >= 4 is 11.8 Å². The molecule has 0 aliphatic carbocycles. The molecule has 0 aromatic heterocycles. The first-order valence-corrected chi connectivity index (χ1v) is 6.51. The minimum atomic E-state index is -0.800. The highest BCUT2D eigenvalue weighted by Crippen LogP contribution is 2.17. The van der Waals surface area contributed by atoms with Gasteiger partial charge in [-0.3, -0.25) is 9.59 Å². The van der Waals surface area contributed by atoms with Gasteiger partial charge in [0, 0.05) is 12.0 Å². The molecule has 0 N–H and O–H groups in total. The average Bonchev–Trinajstić information content (AvgIpc) is 2.49. The van der Waals surface area contributed by atoms with E-state index in [9.17, 15) is 9.59 Å². The number of rotatable bonds is 8. The summed E-state index contributed by atoms with van der Waals surface area (Å²) < 4.78 is 5.00. The van der Waals surface area contributed by atoms with Gasteiger partial charge in [0.05, 0.1) is 0 Å². The van der Waals surface area contributed by atoms with Crippen molar-refractivity contribution in [3.8, 4) is 12.3 Å². The van der Waals surface area contributed by atoms with Crippen molar-refractivity contribution in [1.82, 2.24) is 0 Å². The van der Waals surface area contributed by atoms with Crippen LogP contribution in [0.15, 0.2) is 43.0 Å². The smallest absolute Gasteiger partial charge is 0.317 e. The maximum absolute atomic E-state index is 12.4. The van der Waals surface area contributed by atoms with Crippen LogP contribution < -0.4 is 0 Å². The molecular weight excluding hydrogens is 252 g/mol. The molecule has 3 heteroatoms. The molecule has 104 valence electrons. The van der Waals surface area contributed by atoms with Gasteiger partial charge in [-0.15, -0.1) is 12.3 Å². The molecule has 1 atom stereocenters. The van der Waals surface area contributed by atoms with E-state index in [0.717, 1.165) is 0 Å². The topological polar surface area (TPSA) is 43.4 Å². The zero-order valence-corrected chi connectivity index (χ0v) is 11.4. The lowest BCUT2D eigenvalue weighted by molar-refractivity contribution is -0.145. The third-order valence-electron chi connectivity index (χ3n) is 2.82. The summed E-state index contributed by atoms with van der Waals surface area (Å²) >= 11 is 0. The molecule has 0 saturated carbocycles. The number of hydrogen-bond acceptors (Lipinski definition) is 3. The van der Waals surface area contributed by atoms with Gasteiger partial charge in [-0.1, -0.05) is 43.0 Å². The first-order chi connectivity index (χ1) is 9.70. The van der Waals surface area contributed by atoms with Crippen molar-refractivity contribution in [2.24, 2.45) is 5.92 Å². The average molecular weight is 270 g/mol. The quantitative estimate of drug-likeness (QED) is 0.182. The zero-order valence-electron chi connectivity index (χ0n) is 11.4. The predicted octanol–water partition coefficient (Wildman–Crippen LogP) is 3.02. The second-order valence-corrected chi connectivity index (χ2v) is 4.30. The van der Waals surface area contributed by atoms with E-state index in [1.54, 1.807) is 24.3 Å². The Morgan fingerprint density at radius 3 is 2.65 bits per heavy atom. The molecule has 0 radical (unpaired) electrons. The number of ether oxygens (including phenoxy) is 1. The maximum Gasteiger partial charge on any atom is 0.317 e. The molecule has 0 aliphatic heterocycles. The SMILES string of the molecule is C#CCCCC(C(=O)OCC=C)C(=O)c1ccccc1. The molecule has 3 nitrogen and oxygen atoms in total. The fraction of sp³-hybridized carbons (Fsp3) is 0.294. The van der Waals surface area contributed by atoms with Gasteiger partial charge in [0.25, 0.3) is 0 Å². The summed E-state index contributed by atoms with van der Waals surface area (Å²) in [5.41, 5.74) is 0.508. The number of carbonyl (C=O) groups is 2. The number of unbranched alkanes of at least 4 members (excludes halogenated alkanes) is 1. The standard InChI is InChI=1S/C17H18O3/c1-3-5-7-12-15(17(19)20-13-4-2)16(18)14-10-8-6-9-11-14/h1,4,6,8-11,15H,2,5,7,12-13H2. The first kappa shape index (κ1) is 15.7. The molecule has 0 fully saturated rings. The van der Waals surface area contributed by atoms with Gasteiger partial charge in [-0.05, 0) is 12.8 Å². The number of hydrogen-bond donors (Lipinski definition) is 0. The maximum atomic E-state index is 12.4. The van der Waals surface area contributed by atoms with Crippen LogP contribution in [-0.4, -0.2) is 18.4 Å². The van der Waals surface area contributed by atoms with Crippen molar-refractivity contribution < 1.29 is 14.3 Å². The van der Waals surface area contributed by atoms with E-state index < -0.39 is 11.9 Å². The number of esters is 1. The Bertz CT molecular complexity index is 497. The van der Waals surface area contributed by atoms with Crippen LogP contribution in [0.2, 0.25) is 0 Å². The van der Waals surface area contributed by atoms with Crippen LogP contribution in [0.4, 0.5) is 0 Å². The van der Waals surface area contributed by atoms with Crippen LogP contribution >= 0.6 is 0 Å². The lowest BCUT2D eigenvalue weighted by Gasteiger charge is -2.14. The van der Waals surface area contributed by atoms with Gasteiger partial charge in [0.15, 0.2) is 5.78 Å². The van der Waals surface area contributed by atoms with Crippen molar-refractivity contribution in [2.45, 2.75) is 19.3 Å². The molecule has 0 spiro atoms. The van der Waals surface area contributed by atoms with Crippen LogP contribution in [0, 0.1) is 18.3 Å². The second kappa shape index (κ2) is 8.71. The summed E-state index contributed by atoms with van der Waals surface area (Å²) in [6, 6.07) is 8.73. The summed E-state index contributed by atoms with van der Waals surface area (Å²) in [5.74, 6) is 0.961. The van der Waals surface area contributed by atoms with Crippen LogP contribution in [-0.2, 0) is 9.53 Å². The summed E-state index contributed by atoms with van der Waals surface area (Å²) in [7, 11) is 0. The molecule has 0 saturated heterocycles. The largest absolute Gasteiger partial charge is 0.461 e. The lowest BCUT2D eigenvalue weighted by Crippen LogP contribution is -2.26. The molecular formula is C17H18O3. The summed E-state index contributed by atoms with van der Waals surface area (Å²) in [6.07, 6.45) is 8.22. The van der Waals surface area contributed by atoms with E-state index >= 15 is 0 Å². The van der Waals surface area contributed by atoms with Gasteiger partial charge in [0.1, 0.15) is 12.5 Å². The van der Waals surface area contributed by atoms with E-state index in [4.69, 9.17) is 11.2 Å². The number of ketones is 1. The Balaban J connectivity index is 2.80. The molecule has 1 rings (SSSR count). The third-order valence-corrected chi connectivity index (χ3v) is 2.82. The lowest BCUT2D eigenvalue weighted by atomic mass is 9.93. The van der Waals surface area contributed by atoms with Crippen molar-refractivity contribution in [2.75, 3.05) is 6.61 Å². The molecule has 0 bridgehead atoms. The van der Waals surface area contributed by atoms with Gasteiger partial charge in [-0.2, -0.15) is 0 Å². The van der Waals surface area contributed by atoms with Crippen LogP contribution in [0.1, 0.15) is 29.6 Å². The summed E-state index contributed by atoms with van der Waals surface area (Å²) in [6.45, 7) is 3.59. The Labute approximate surface area is 119 Å². The molecule has 0 heterocycles. The number of terminal acetylenes is 1. The molecule has 20 heavy (non-hydrogen) atoms. The second-order valence-electron chi connectivity index (χ2n) is 4.30. The molecule has 0 amide bonds. The molecule has 1 unspecified atom stereocenters. The van der Waals surface area contributed by atoms with E-state index in [2.05, 4.69) is 12.5 Å². The van der Waals surface area contributed by atoms with Crippen molar-refractivity contribution in [3.63, 3.8) is 0 Å².